The zero-order valence-electron chi connectivity index (χ0n) is 41.9. The van der Waals surface area contributed by atoms with Gasteiger partial charge in [-0.2, -0.15) is 0 Å². The number of benzene rings is 2. The minimum absolute atomic E-state index is 0.228. The second kappa shape index (κ2) is 29.7. The number of nitrogens with one attached hydrogen (secondary N) is 10. The van der Waals surface area contributed by atoms with Crippen LogP contribution in [0, 0.1) is 0 Å². The molecule has 30 heteroatoms. The fraction of sp³-hybridized carbons (Fsp3) is 0.396. The summed E-state index contributed by atoms with van der Waals surface area (Å²) < 4.78 is 0. The molecule has 2 aromatic heterocycles. The molecule has 0 fully saturated rings. The van der Waals surface area contributed by atoms with Gasteiger partial charge in [0, 0.05) is 54.7 Å². The molecule has 2 heterocycles. The molecule has 30 nitrogen and oxygen atoms in total. The minimum atomic E-state index is -1.87. The summed E-state index contributed by atoms with van der Waals surface area (Å²) in [4.78, 5) is 167. The van der Waals surface area contributed by atoms with Gasteiger partial charge in [0.15, 0.2) is 0 Å². The first-order chi connectivity index (χ1) is 37.0. The van der Waals surface area contributed by atoms with Gasteiger partial charge in [0.25, 0.3) is 0 Å². The lowest BCUT2D eigenvalue weighted by atomic mass is 10.0. The number of nitrogens with two attached hydrogens (primary N) is 3. The van der Waals surface area contributed by atoms with Crippen LogP contribution in [0.4, 0.5) is 0 Å². The number of nitrogens with zero attached hydrogens (tertiary/aromatic N) is 1. The third-order valence-corrected chi connectivity index (χ3v) is 11.6. The zero-order valence-corrected chi connectivity index (χ0v) is 41.9. The fourth-order valence-electron chi connectivity index (χ4n) is 7.56. The van der Waals surface area contributed by atoms with Gasteiger partial charge in [-0.3, -0.25) is 52.7 Å². The van der Waals surface area contributed by atoms with E-state index in [1.165, 1.54) is 25.6 Å². The van der Waals surface area contributed by atoms with E-state index >= 15 is 0 Å². The maximum atomic E-state index is 14.7. The number of aromatic nitrogens is 3. The summed E-state index contributed by atoms with van der Waals surface area (Å²) in [5.41, 5.74) is 18.3. The van der Waals surface area contributed by atoms with Crippen LogP contribution in [0.1, 0.15) is 49.4 Å². The number of aliphatic carboxylic acids is 2. The van der Waals surface area contributed by atoms with Crippen LogP contribution in [-0.4, -0.2) is 174 Å². The second-order valence-corrected chi connectivity index (χ2v) is 17.8. The van der Waals surface area contributed by atoms with E-state index in [1.54, 1.807) is 54.6 Å². The number of carbonyl (C=O) groups is 12. The molecule has 20 N–H and O–H groups in total. The highest BCUT2D eigenvalue weighted by Crippen LogP contribution is 2.20. The highest BCUT2D eigenvalue weighted by atomic mass is 16.4. The first kappa shape index (κ1) is 61.3. The number of aliphatic hydroxyl groups excluding tert-OH is 2. The number of primary amides is 2. The second-order valence-electron chi connectivity index (χ2n) is 17.8. The van der Waals surface area contributed by atoms with Crippen molar-refractivity contribution in [3.05, 3.63) is 90.1 Å². The van der Waals surface area contributed by atoms with Crippen LogP contribution in [0.5, 0.6) is 0 Å². The Morgan fingerprint density at radius 1 is 0.538 bits per heavy atom. The van der Waals surface area contributed by atoms with E-state index in [2.05, 4.69) is 52.2 Å². The van der Waals surface area contributed by atoms with E-state index in [4.69, 9.17) is 17.2 Å². The molecule has 4 aromatic rings. The normalized spacial score (nSPS) is 14.5. The number of hydrogen-bond acceptors (Lipinski definition) is 16. The van der Waals surface area contributed by atoms with Gasteiger partial charge in [0.05, 0.1) is 38.4 Å². The van der Waals surface area contributed by atoms with Gasteiger partial charge in [0.2, 0.25) is 59.1 Å². The quantitative estimate of drug-likeness (QED) is 0.0216. The smallest absolute Gasteiger partial charge is 0.328 e. The average Bonchev–Trinajstić information content (AvgIpc) is 4.07. The summed E-state index contributed by atoms with van der Waals surface area (Å²) in [5.74, 6) is -14.1. The van der Waals surface area contributed by atoms with Gasteiger partial charge >= 0.3 is 11.9 Å². The first-order valence-corrected chi connectivity index (χ1v) is 24.0. The Hall–Kier alpha value is -9.29. The summed E-state index contributed by atoms with van der Waals surface area (Å²) in [6.07, 6.45) is 0.0802. The Balaban J connectivity index is 1.69. The Labute approximate surface area is 443 Å². The fourth-order valence-corrected chi connectivity index (χ4v) is 7.56. The predicted molar refractivity (Wildman–Crippen MR) is 270 cm³/mol. The highest BCUT2D eigenvalue weighted by molar-refractivity contribution is 6.00. The Bertz CT molecular complexity index is 2790. The number of rotatable bonds is 32. The largest absolute Gasteiger partial charge is 0.481 e. The van der Waals surface area contributed by atoms with E-state index in [-0.39, 0.29) is 18.5 Å². The van der Waals surface area contributed by atoms with Crippen LogP contribution < -0.4 is 59.7 Å². The van der Waals surface area contributed by atoms with Gasteiger partial charge < -0.3 is 90.1 Å². The maximum Gasteiger partial charge on any atom is 0.328 e. The monoisotopic (exact) mass is 1090 g/mol. The number of hydrogen-bond donors (Lipinski definition) is 17. The zero-order chi connectivity index (χ0) is 57.6. The van der Waals surface area contributed by atoms with Gasteiger partial charge in [-0.1, -0.05) is 48.5 Å². The van der Waals surface area contributed by atoms with E-state index < -0.39 is 171 Å². The number of carbonyl (C=O) groups excluding carboxylic acids is 10. The molecule has 0 unspecified atom stereocenters. The molecule has 78 heavy (non-hydrogen) atoms. The minimum Gasteiger partial charge on any atom is -0.481 e. The van der Waals surface area contributed by atoms with Crippen molar-refractivity contribution >= 4 is 81.9 Å². The van der Waals surface area contributed by atoms with E-state index in [9.17, 15) is 78.0 Å². The predicted octanol–water partition coefficient (Wildman–Crippen LogP) is -6.17. The summed E-state index contributed by atoms with van der Waals surface area (Å²) in [7, 11) is 0. The molecule has 0 aliphatic carbocycles. The lowest BCUT2D eigenvalue weighted by Crippen LogP contribution is -2.61. The van der Waals surface area contributed by atoms with Crippen LogP contribution in [0.3, 0.4) is 0 Å². The SMILES string of the molecule is C[C@H](N)C(=O)N[C@@H](CC(N)=O)C(=O)N[C@@H](Cc1ccccc1)C(=O)N[C@@H](CC(N)=O)C(=O)N[C@@H](Cc1c[nH]c2ccccc12)C(=O)N[C@@H](Cc1cnc[nH]1)C(=O)N[C@@H](CCC(=O)O)C(=O)N[C@@H](CO)C(=O)N[C@@H](CO)C(=O)O. The van der Waals surface area contributed by atoms with E-state index in [1.807, 2.05) is 5.32 Å². The molecule has 420 valence electrons. The molecular formula is C48H62N14O16. The lowest BCUT2D eigenvalue weighted by molar-refractivity contribution is -0.143. The first-order valence-electron chi connectivity index (χ1n) is 24.0. The number of aliphatic hydroxyl groups is 2. The van der Waals surface area contributed by atoms with Crippen molar-refractivity contribution in [3.63, 3.8) is 0 Å². The number of fused-ring (bicyclic) bond motifs is 1. The number of para-hydroxylation sites is 1. The summed E-state index contributed by atoms with van der Waals surface area (Å²) in [6.45, 7) is -0.878. The molecule has 0 spiro atoms. The van der Waals surface area contributed by atoms with Crippen LogP contribution in [0.15, 0.2) is 73.3 Å². The van der Waals surface area contributed by atoms with Crippen molar-refractivity contribution in [1.29, 1.82) is 0 Å². The number of carboxylic acids is 2. The molecule has 0 saturated heterocycles. The van der Waals surface area contributed by atoms with Crippen LogP contribution in [0.25, 0.3) is 10.9 Å². The van der Waals surface area contributed by atoms with Crippen molar-refractivity contribution in [3.8, 4) is 0 Å². The number of H-pyrrole nitrogens is 2. The van der Waals surface area contributed by atoms with Crippen LogP contribution in [0.2, 0.25) is 0 Å². The van der Waals surface area contributed by atoms with Crippen LogP contribution in [-0.2, 0) is 76.8 Å². The standard InChI is InChI=1S/C48H62N14O16/c1-23(49)40(69)56-33(16-37(50)65)45(74)57-30(13-24-7-3-2-4-8-24)42(71)60-34(17-38(51)66)46(75)58-31(14-25-18-53-28-10-6-5-9-27(25)28)43(72)59-32(15-26-19-52-22-54-26)44(73)55-29(11-12-39(67)68)41(70)61-35(20-63)47(76)62-36(21-64)48(77)78/h2-10,18-19,22-23,29-36,53,63-64H,11-17,20-21,49H2,1H3,(H2,50,65)(H2,51,66)(H,52,54)(H,55,73)(H,56,69)(H,57,74)(H,58,75)(H,59,72)(H,60,71)(H,61,70)(H,62,76)(H,67,68)(H,77,78)/t23-,29-,30-,31-,32-,33-,34-,35-,36-/m0/s1. The van der Waals surface area contributed by atoms with Gasteiger partial charge in [-0.05, 0) is 30.5 Å². The van der Waals surface area contributed by atoms with Crippen molar-refractivity contribution in [2.24, 2.45) is 17.2 Å². The highest BCUT2D eigenvalue weighted by Gasteiger charge is 2.36. The van der Waals surface area contributed by atoms with Gasteiger partial charge in [-0.25, -0.2) is 9.78 Å². The molecular weight excluding hydrogens is 1030 g/mol. The third-order valence-electron chi connectivity index (χ3n) is 11.6. The summed E-state index contributed by atoms with van der Waals surface area (Å²) in [6, 6.07) is -0.127. The van der Waals surface area contributed by atoms with Crippen molar-refractivity contribution in [1.82, 2.24) is 57.5 Å². The van der Waals surface area contributed by atoms with Crippen molar-refractivity contribution in [2.45, 2.75) is 106 Å². The van der Waals surface area contributed by atoms with E-state index in [0.29, 0.717) is 22.0 Å². The molecule has 0 aliphatic rings. The lowest BCUT2D eigenvalue weighted by Gasteiger charge is -2.28. The number of aromatic amines is 2. The topological polar surface area (TPSA) is 505 Å². The molecule has 4 rings (SSSR count). The molecule has 0 saturated carbocycles. The number of carboxylic acid groups (broad SMARTS) is 2. The summed E-state index contributed by atoms with van der Waals surface area (Å²) >= 11 is 0. The molecule has 0 aliphatic heterocycles. The molecule has 0 bridgehead atoms. The Kier molecular flexibility index (Phi) is 23.3. The average molecular weight is 1090 g/mol. The molecule has 10 amide bonds. The van der Waals surface area contributed by atoms with Gasteiger partial charge in [-0.15, -0.1) is 0 Å². The van der Waals surface area contributed by atoms with Crippen molar-refractivity contribution in [2.75, 3.05) is 13.2 Å². The Morgan fingerprint density at radius 2 is 0.987 bits per heavy atom. The maximum absolute atomic E-state index is 14.7. The third kappa shape index (κ3) is 19.1. The van der Waals surface area contributed by atoms with E-state index in [0.717, 1.165) is 0 Å². The molecule has 0 radical (unpaired) electrons. The number of amides is 10. The van der Waals surface area contributed by atoms with Crippen molar-refractivity contribution < 1.29 is 78.0 Å². The Morgan fingerprint density at radius 3 is 1.50 bits per heavy atom. The molecule has 2 aromatic carbocycles. The summed E-state index contributed by atoms with van der Waals surface area (Å²) in [5, 5.41) is 57.1. The molecule has 9 atom stereocenters. The number of imidazole rings is 1. The van der Waals surface area contributed by atoms with Crippen LogP contribution >= 0.6 is 0 Å². The van der Waals surface area contributed by atoms with Gasteiger partial charge in [0.1, 0.15) is 48.3 Å².